The van der Waals surface area contributed by atoms with Crippen molar-refractivity contribution in [3.63, 3.8) is 0 Å². The Kier molecular flexibility index (Phi) is 1.67. The van der Waals surface area contributed by atoms with Gasteiger partial charge in [-0.2, -0.15) is 5.10 Å². The van der Waals surface area contributed by atoms with Crippen molar-refractivity contribution < 1.29 is 0 Å². The zero-order chi connectivity index (χ0) is 8.39. The van der Waals surface area contributed by atoms with Gasteiger partial charge in [-0.15, -0.1) is 0 Å². The number of nitrogens with zero attached hydrogens (tertiary/aromatic N) is 1. The van der Waals surface area contributed by atoms with E-state index in [2.05, 4.69) is 22.3 Å². The largest absolute Gasteiger partial charge is 0.277 e. The summed E-state index contributed by atoms with van der Waals surface area (Å²) in [4.78, 5) is 0. The second kappa shape index (κ2) is 2.81. The maximum atomic E-state index is 3.99. The summed E-state index contributed by atoms with van der Waals surface area (Å²) in [6, 6.07) is 6.15. The highest BCUT2D eigenvalue weighted by Crippen LogP contribution is 2.16. The molecule has 1 aromatic heterocycles. The topological polar surface area (TPSA) is 28.7 Å². The Hall–Kier alpha value is -1.57. The summed E-state index contributed by atoms with van der Waals surface area (Å²) >= 11 is 0. The summed E-state index contributed by atoms with van der Waals surface area (Å²) < 4.78 is 0. The molecule has 0 amide bonds. The third-order valence-electron chi connectivity index (χ3n) is 1.86. The molecule has 60 valence electrons. The molecule has 2 heteroatoms. The third-order valence-corrected chi connectivity index (χ3v) is 1.86. The molecule has 1 aromatic carbocycles. The summed E-state index contributed by atoms with van der Waals surface area (Å²) in [7, 11) is 0. The van der Waals surface area contributed by atoms with Crippen molar-refractivity contribution in [1.29, 1.82) is 0 Å². The number of hydrogen-bond acceptors (Lipinski definition) is 1. The van der Waals surface area contributed by atoms with Gasteiger partial charge in [0.25, 0.3) is 0 Å². The van der Waals surface area contributed by atoms with Crippen LogP contribution in [0.4, 0.5) is 0 Å². The minimum Gasteiger partial charge on any atom is -0.277 e. The molecule has 0 saturated carbocycles. The van der Waals surface area contributed by atoms with Crippen LogP contribution in [-0.4, -0.2) is 10.2 Å². The number of H-pyrrole nitrogens is 1. The van der Waals surface area contributed by atoms with Gasteiger partial charge >= 0.3 is 0 Å². The highest BCUT2D eigenvalue weighted by molar-refractivity contribution is 5.86. The van der Waals surface area contributed by atoms with Crippen LogP contribution < -0.4 is 0 Å². The Labute approximate surface area is 70.9 Å². The van der Waals surface area contributed by atoms with Gasteiger partial charge in [0, 0.05) is 5.39 Å². The molecular weight excluding hydrogens is 148 g/mol. The van der Waals surface area contributed by atoms with Gasteiger partial charge < -0.3 is 0 Å². The van der Waals surface area contributed by atoms with Gasteiger partial charge in [0.05, 0.1) is 11.7 Å². The van der Waals surface area contributed by atoms with Crippen molar-refractivity contribution in [3.8, 4) is 0 Å². The van der Waals surface area contributed by atoms with E-state index in [0.29, 0.717) is 0 Å². The number of allylic oxidation sites excluding steroid dienone is 1. The average Bonchev–Trinajstić information content (AvgIpc) is 2.53. The molecule has 0 aliphatic rings. The zero-order valence-electron chi connectivity index (χ0n) is 6.91. The molecule has 0 saturated heterocycles. The molecule has 0 radical (unpaired) electrons. The Balaban J connectivity index is 2.73. The fourth-order valence-corrected chi connectivity index (χ4v) is 1.31. The van der Waals surface area contributed by atoms with E-state index in [-0.39, 0.29) is 0 Å². The first-order valence-corrected chi connectivity index (χ1v) is 3.96. The molecule has 0 aliphatic heterocycles. The molecular formula is C10H10N2. The second-order valence-electron chi connectivity index (χ2n) is 2.68. The van der Waals surface area contributed by atoms with Crippen LogP contribution in [0.5, 0.6) is 0 Å². The molecule has 1 heterocycles. The SMILES string of the molecule is C/C=C/c1cccc2cn[nH]c12. The van der Waals surface area contributed by atoms with Crippen molar-refractivity contribution in [1.82, 2.24) is 10.2 Å². The molecule has 0 unspecified atom stereocenters. The molecule has 0 aliphatic carbocycles. The van der Waals surface area contributed by atoms with Gasteiger partial charge in [0.15, 0.2) is 0 Å². The van der Waals surface area contributed by atoms with E-state index in [0.717, 1.165) is 10.9 Å². The molecule has 2 aromatic rings. The molecule has 0 atom stereocenters. The standard InChI is InChI=1S/C10H10N2/c1-2-4-8-5-3-6-9-7-11-12-10(8)9/h2-7H,1H3,(H,11,12)/b4-2+. The minimum absolute atomic E-state index is 1.11. The lowest BCUT2D eigenvalue weighted by molar-refractivity contribution is 1.12. The summed E-state index contributed by atoms with van der Waals surface area (Å²) in [5, 5.41) is 8.11. The maximum absolute atomic E-state index is 3.99. The lowest BCUT2D eigenvalue weighted by Crippen LogP contribution is -1.75. The smallest absolute Gasteiger partial charge is 0.0722 e. The molecule has 2 nitrogen and oxygen atoms in total. The Morgan fingerprint density at radius 1 is 1.42 bits per heavy atom. The van der Waals surface area contributed by atoms with Crippen molar-refractivity contribution in [3.05, 3.63) is 36.0 Å². The average molecular weight is 158 g/mol. The molecule has 0 fully saturated rings. The first-order valence-electron chi connectivity index (χ1n) is 3.96. The van der Waals surface area contributed by atoms with E-state index in [1.807, 2.05) is 31.3 Å². The Bertz CT molecular complexity index is 412. The van der Waals surface area contributed by atoms with Crippen LogP contribution in [0, 0.1) is 0 Å². The first kappa shape index (κ1) is 7.10. The van der Waals surface area contributed by atoms with Crippen LogP contribution in [0.15, 0.2) is 30.5 Å². The van der Waals surface area contributed by atoms with E-state index in [9.17, 15) is 0 Å². The van der Waals surface area contributed by atoms with Gasteiger partial charge in [-0.1, -0.05) is 30.4 Å². The Morgan fingerprint density at radius 3 is 3.17 bits per heavy atom. The highest BCUT2D eigenvalue weighted by Gasteiger charge is 1.97. The number of rotatable bonds is 1. The monoisotopic (exact) mass is 158 g/mol. The van der Waals surface area contributed by atoms with Crippen LogP contribution >= 0.6 is 0 Å². The zero-order valence-corrected chi connectivity index (χ0v) is 6.91. The van der Waals surface area contributed by atoms with Crippen molar-refractivity contribution in [2.75, 3.05) is 0 Å². The number of hydrogen-bond donors (Lipinski definition) is 1. The van der Waals surface area contributed by atoms with E-state index in [1.54, 1.807) is 0 Å². The van der Waals surface area contributed by atoms with Crippen LogP contribution in [-0.2, 0) is 0 Å². The predicted molar refractivity (Wildman–Crippen MR) is 50.8 cm³/mol. The molecule has 1 N–H and O–H groups in total. The molecule has 2 rings (SSSR count). The van der Waals surface area contributed by atoms with Gasteiger partial charge in [-0.25, -0.2) is 0 Å². The number of para-hydroxylation sites is 1. The van der Waals surface area contributed by atoms with Crippen molar-refractivity contribution >= 4 is 17.0 Å². The van der Waals surface area contributed by atoms with E-state index in [1.165, 1.54) is 5.56 Å². The fourth-order valence-electron chi connectivity index (χ4n) is 1.31. The van der Waals surface area contributed by atoms with Gasteiger partial charge in [0.2, 0.25) is 0 Å². The maximum Gasteiger partial charge on any atom is 0.0722 e. The third kappa shape index (κ3) is 1.01. The number of nitrogens with one attached hydrogen (secondary N) is 1. The molecule has 0 bridgehead atoms. The van der Waals surface area contributed by atoms with Crippen LogP contribution in [0.25, 0.3) is 17.0 Å². The highest BCUT2D eigenvalue weighted by atomic mass is 15.1. The lowest BCUT2D eigenvalue weighted by atomic mass is 10.1. The van der Waals surface area contributed by atoms with E-state index in [4.69, 9.17) is 0 Å². The van der Waals surface area contributed by atoms with Crippen LogP contribution in [0.1, 0.15) is 12.5 Å². The second-order valence-corrected chi connectivity index (χ2v) is 2.68. The first-order chi connectivity index (χ1) is 5.92. The molecule has 12 heavy (non-hydrogen) atoms. The van der Waals surface area contributed by atoms with E-state index >= 15 is 0 Å². The van der Waals surface area contributed by atoms with E-state index < -0.39 is 0 Å². The van der Waals surface area contributed by atoms with Crippen molar-refractivity contribution in [2.24, 2.45) is 0 Å². The number of aromatic amines is 1. The van der Waals surface area contributed by atoms with Crippen molar-refractivity contribution in [2.45, 2.75) is 6.92 Å². The summed E-state index contributed by atoms with van der Waals surface area (Å²) in [5.74, 6) is 0. The lowest BCUT2D eigenvalue weighted by Gasteiger charge is -1.93. The Morgan fingerprint density at radius 2 is 2.33 bits per heavy atom. The van der Waals surface area contributed by atoms with Gasteiger partial charge in [-0.3, -0.25) is 5.10 Å². The quantitative estimate of drug-likeness (QED) is 0.679. The van der Waals surface area contributed by atoms with Crippen LogP contribution in [0.2, 0.25) is 0 Å². The van der Waals surface area contributed by atoms with Gasteiger partial charge in [0.1, 0.15) is 0 Å². The van der Waals surface area contributed by atoms with Gasteiger partial charge in [-0.05, 0) is 12.5 Å². The summed E-state index contributed by atoms with van der Waals surface area (Å²) in [5.41, 5.74) is 2.29. The number of aromatic nitrogens is 2. The fraction of sp³-hybridized carbons (Fsp3) is 0.100. The van der Waals surface area contributed by atoms with Crippen LogP contribution in [0.3, 0.4) is 0 Å². The summed E-state index contributed by atoms with van der Waals surface area (Å²) in [6.07, 6.45) is 5.93. The minimum atomic E-state index is 1.11. The number of fused-ring (bicyclic) bond motifs is 1. The predicted octanol–water partition coefficient (Wildman–Crippen LogP) is 2.60. The molecule has 0 spiro atoms. The summed E-state index contributed by atoms with van der Waals surface area (Å²) in [6.45, 7) is 2.01. The number of benzene rings is 1. The normalized spacial score (nSPS) is 11.4.